The summed E-state index contributed by atoms with van der Waals surface area (Å²) >= 11 is 3.20. The molecule has 1 aliphatic heterocycles. The maximum Gasteiger partial charge on any atom is 0.244 e. The van der Waals surface area contributed by atoms with E-state index < -0.39 is 15.6 Å². The molecule has 1 aromatic heterocycles. The van der Waals surface area contributed by atoms with Gasteiger partial charge in [-0.2, -0.15) is 4.31 Å². The third-order valence-corrected chi connectivity index (χ3v) is 5.53. The second kappa shape index (κ2) is 6.07. The summed E-state index contributed by atoms with van der Waals surface area (Å²) in [5.41, 5.74) is -1.03. The van der Waals surface area contributed by atoms with Crippen molar-refractivity contribution in [3.8, 4) is 0 Å². The van der Waals surface area contributed by atoms with Crippen LogP contribution in [0.1, 0.15) is 12.8 Å². The molecule has 112 valence electrons. The number of ether oxygens (including phenoxy) is 1. The molecule has 20 heavy (non-hydrogen) atoms. The summed E-state index contributed by atoms with van der Waals surface area (Å²) in [4.78, 5) is 3.96. The Kier molecular flexibility index (Phi) is 4.80. The molecule has 1 saturated heterocycles. The summed E-state index contributed by atoms with van der Waals surface area (Å²) in [7, 11) is -2.20. The van der Waals surface area contributed by atoms with Crippen molar-refractivity contribution in [2.45, 2.75) is 23.3 Å². The van der Waals surface area contributed by atoms with Crippen LogP contribution in [0.5, 0.6) is 0 Å². The van der Waals surface area contributed by atoms with Gasteiger partial charge in [-0.05, 0) is 22.0 Å². The molecule has 0 unspecified atom stereocenters. The van der Waals surface area contributed by atoms with E-state index in [2.05, 4.69) is 20.9 Å². The summed E-state index contributed by atoms with van der Waals surface area (Å²) in [6.45, 7) is 0.941. The largest absolute Gasteiger partial charge is 0.388 e. The molecule has 0 amide bonds. The van der Waals surface area contributed by atoms with Gasteiger partial charge < -0.3 is 9.84 Å². The highest BCUT2D eigenvalue weighted by Gasteiger charge is 2.35. The van der Waals surface area contributed by atoms with Gasteiger partial charge in [-0.1, -0.05) is 0 Å². The smallest absolute Gasteiger partial charge is 0.244 e. The lowest BCUT2D eigenvalue weighted by Crippen LogP contribution is -2.47. The SMILES string of the molecule is CN(CC1(O)CCOCC1)S(=O)(=O)c1cncc(Br)c1. The predicted octanol–water partition coefficient (Wildman–Crippen LogP) is 1.01. The standard InChI is InChI=1S/C12H17BrN2O4S/c1-15(9-12(16)2-4-19-5-3-12)20(17,18)11-6-10(13)7-14-8-11/h6-8,16H,2-5,9H2,1H3. The number of nitrogens with zero attached hydrogens (tertiary/aromatic N) is 2. The fourth-order valence-electron chi connectivity index (χ4n) is 2.12. The van der Waals surface area contributed by atoms with Crippen molar-refractivity contribution in [1.29, 1.82) is 0 Å². The van der Waals surface area contributed by atoms with Crippen molar-refractivity contribution in [3.05, 3.63) is 22.9 Å². The molecule has 1 aromatic rings. The van der Waals surface area contributed by atoms with E-state index >= 15 is 0 Å². The Morgan fingerprint density at radius 3 is 2.70 bits per heavy atom. The monoisotopic (exact) mass is 364 g/mol. The van der Waals surface area contributed by atoms with E-state index in [4.69, 9.17) is 4.74 Å². The van der Waals surface area contributed by atoms with Crippen LogP contribution in [0.2, 0.25) is 0 Å². The van der Waals surface area contributed by atoms with Crippen molar-refractivity contribution in [2.24, 2.45) is 0 Å². The van der Waals surface area contributed by atoms with Crippen molar-refractivity contribution < 1.29 is 18.3 Å². The Hall–Kier alpha value is -0.540. The number of pyridine rings is 1. The number of rotatable bonds is 4. The molecule has 0 aliphatic carbocycles. The summed E-state index contributed by atoms with van der Waals surface area (Å²) in [5, 5.41) is 10.4. The number of sulfonamides is 1. The van der Waals surface area contributed by atoms with Gasteiger partial charge in [0.1, 0.15) is 4.90 Å². The molecular weight excluding hydrogens is 348 g/mol. The zero-order valence-electron chi connectivity index (χ0n) is 11.1. The second-order valence-corrected chi connectivity index (χ2v) is 7.90. The number of likely N-dealkylation sites (N-methyl/N-ethyl adjacent to an activating group) is 1. The van der Waals surface area contributed by atoms with Gasteiger partial charge in [-0.25, -0.2) is 8.42 Å². The normalized spacial score (nSPS) is 19.2. The Bertz CT molecular complexity index is 573. The van der Waals surface area contributed by atoms with Crippen LogP contribution >= 0.6 is 15.9 Å². The van der Waals surface area contributed by atoms with Crippen molar-refractivity contribution >= 4 is 26.0 Å². The highest BCUT2D eigenvalue weighted by Crippen LogP contribution is 2.24. The third-order valence-electron chi connectivity index (χ3n) is 3.33. The number of aliphatic hydroxyl groups is 1. The fraction of sp³-hybridized carbons (Fsp3) is 0.583. The van der Waals surface area contributed by atoms with Crippen LogP contribution in [-0.4, -0.2) is 55.2 Å². The van der Waals surface area contributed by atoms with Gasteiger partial charge in [0, 0.05) is 56.5 Å². The number of aromatic nitrogens is 1. The minimum atomic E-state index is -3.66. The third kappa shape index (κ3) is 3.56. The highest BCUT2D eigenvalue weighted by atomic mass is 79.9. The summed E-state index contributed by atoms with van der Waals surface area (Å²) in [6, 6.07) is 1.49. The first-order valence-electron chi connectivity index (χ1n) is 6.21. The first kappa shape index (κ1) is 15.8. The molecule has 1 fully saturated rings. The zero-order chi connectivity index (χ0) is 14.8. The van der Waals surface area contributed by atoms with Gasteiger partial charge in [0.05, 0.1) is 5.60 Å². The zero-order valence-corrected chi connectivity index (χ0v) is 13.5. The molecule has 2 rings (SSSR count). The fourth-order valence-corrected chi connectivity index (χ4v) is 3.88. The Labute approximate surface area is 126 Å². The van der Waals surface area contributed by atoms with Crippen LogP contribution in [0.15, 0.2) is 27.8 Å². The quantitative estimate of drug-likeness (QED) is 0.862. The summed E-state index contributed by atoms with van der Waals surface area (Å²) in [5.74, 6) is 0. The van der Waals surface area contributed by atoms with Crippen LogP contribution in [0.25, 0.3) is 0 Å². The molecule has 0 radical (unpaired) electrons. The molecule has 8 heteroatoms. The topological polar surface area (TPSA) is 79.7 Å². The second-order valence-electron chi connectivity index (χ2n) is 4.94. The lowest BCUT2D eigenvalue weighted by molar-refractivity contribution is -0.0689. The van der Waals surface area contributed by atoms with Gasteiger partial charge >= 0.3 is 0 Å². The molecule has 1 aliphatic rings. The first-order chi connectivity index (χ1) is 9.33. The summed E-state index contributed by atoms with van der Waals surface area (Å²) < 4.78 is 31.8. The molecule has 6 nitrogen and oxygen atoms in total. The molecule has 0 bridgehead atoms. The molecule has 0 saturated carbocycles. The van der Waals surface area contributed by atoms with E-state index in [0.717, 1.165) is 0 Å². The maximum absolute atomic E-state index is 12.4. The maximum atomic E-state index is 12.4. The average Bonchev–Trinajstić information content (AvgIpc) is 2.39. The van der Waals surface area contributed by atoms with Crippen molar-refractivity contribution in [1.82, 2.24) is 9.29 Å². The number of hydrogen-bond donors (Lipinski definition) is 1. The molecule has 0 atom stereocenters. The van der Waals surface area contributed by atoms with Crippen LogP contribution < -0.4 is 0 Å². The van der Waals surface area contributed by atoms with Crippen LogP contribution in [-0.2, 0) is 14.8 Å². The molecule has 0 spiro atoms. The van der Waals surface area contributed by atoms with E-state index in [1.807, 2.05) is 0 Å². The Morgan fingerprint density at radius 1 is 1.45 bits per heavy atom. The van der Waals surface area contributed by atoms with E-state index in [9.17, 15) is 13.5 Å². The first-order valence-corrected chi connectivity index (χ1v) is 8.44. The van der Waals surface area contributed by atoms with Crippen LogP contribution in [0.4, 0.5) is 0 Å². The minimum absolute atomic E-state index is 0.0468. The van der Waals surface area contributed by atoms with Gasteiger partial charge in [0.15, 0.2) is 0 Å². The van der Waals surface area contributed by atoms with Crippen molar-refractivity contribution in [2.75, 3.05) is 26.8 Å². The lowest BCUT2D eigenvalue weighted by atomic mass is 9.95. The highest BCUT2D eigenvalue weighted by molar-refractivity contribution is 9.10. The minimum Gasteiger partial charge on any atom is -0.388 e. The van der Waals surface area contributed by atoms with E-state index in [1.54, 1.807) is 0 Å². The lowest BCUT2D eigenvalue weighted by Gasteiger charge is -2.34. The molecule has 2 heterocycles. The Morgan fingerprint density at radius 2 is 2.10 bits per heavy atom. The average molecular weight is 365 g/mol. The molecular formula is C12H17BrN2O4S. The van der Waals surface area contributed by atoms with Gasteiger partial charge in [0.2, 0.25) is 10.0 Å². The van der Waals surface area contributed by atoms with Gasteiger partial charge in [-0.15, -0.1) is 0 Å². The van der Waals surface area contributed by atoms with Crippen LogP contribution in [0, 0.1) is 0 Å². The van der Waals surface area contributed by atoms with Gasteiger partial charge in [-0.3, -0.25) is 4.98 Å². The van der Waals surface area contributed by atoms with E-state index in [-0.39, 0.29) is 11.4 Å². The Balaban J connectivity index is 2.17. The van der Waals surface area contributed by atoms with Crippen molar-refractivity contribution in [3.63, 3.8) is 0 Å². The molecule has 0 aromatic carbocycles. The van der Waals surface area contributed by atoms with E-state index in [0.29, 0.717) is 30.5 Å². The van der Waals surface area contributed by atoms with Gasteiger partial charge in [0.25, 0.3) is 0 Å². The summed E-state index contributed by atoms with van der Waals surface area (Å²) in [6.07, 6.45) is 3.68. The van der Waals surface area contributed by atoms with E-state index in [1.165, 1.54) is 29.8 Å². The molecule has 1 N–H and O–H groups in total. The van der Waals surface area contributed by atoms with Crippen LogP contribution in [0.3, 0.4) is 0 Å². The number of hydrogen-bond acceptors (Lipinski definition) is 5. The number of halogens is 1. The predicted molar refractivity (Wildman–Crippen MR) is 76.8 cm³/mol.